The van der Waals surface area contributed by atoms with Crippen LogP contribution < -0.4 is 4.74 Å². The molecule has 0 aliphatic carbocycles. The number of carbonyl (C=O) groups excluding carboxylic acids is 4. The van der Waals surface area contributed by atoms with Crippen LogP contribution in [0.1, 0.15) is 45.6 Å². The normalized spacial score (nSPS) is 22.7. The zero-order valence-electron chi connectivity index (χ0n) is 23.5. The van der Waals surface area contributed by atoms with E-state index in [0.29, 0.717) is 71.0 Å². The minimum Gasteiger partial charge on any atom is -0.489 e. The number of ether oxygens (including phenoxy) is 1. The number of hydrogen-bond donors (Lipinski definition) is 0. The molecule has 3 aliphatic heterocycles. The van der Waals surface area contributed by atoms with Crippen LogP contribution >= 0.6 is 0 Å². The summed E-state index contributed by atoms with van der Waals surface area (Å²) in [5.41, 5.74) is 0.674. The van der Waals surface area contributed by atoms with Gasteiger partial charge in [0.25, 0.3) is 0 Å². The molecule has 3 heterocycles. The van der Waals surface area contributed by atoms with Gasteiger partial charge in [-0.3, -0.25) is 19.2 Å². The van der Waals surface area contributed by atoms with Crippen LogP contribution in [0.3, 0.4) is 0 Å². The minimum absolute atomic E-state index is 0.0150. The van der Waals surface area contributed by atoms with Gasteiger partial charge in [0.15, 0.2) is 0 Å². The predicted octanol–water partition coefficient (Wildman–Crippen LogP) is 2.56. The van der Waals surface area contributed by atoms with Crippen LogP contribution in [-0.4, -0.2) is 96.2 Å². The van der Waals surface area contributed by atoms with Crippen molar-refractivity contribution in [3.05, 3.63) is 42.0 Å². The number of carbonyl (C=O) groups is 4. The molecule has 1 aromatic carbocycles. The summed E-state index contributed by atoms with van der Waals surface area (Å²) >= 11 is 0. The lowest BCUT2D eigenvalue weighted by atomic mass is 9.82. The van der Waals surface area contributed by atoms with E-state index in [2.05, 4.69) is 6.08 Å². The Morgan fingerprint density at radius 3 is 2.46 bits per heavy atom. The summed E-state index contributed by atoms with van der Waals surface area (Å²) in [5.74, 6) is 0.810. The van der Waals surface area contributed by atoms with Gasteiger partial charge in [0.1, 0.15) is 18.9 Å². The first-order valence-electron chi connectivity index (χ1n) is 14.0. The van der Waals surface area contributed by atoms with E-state index in [4.69, 9.17) is 4.74 Å². The molecular formula is C30H42N4O5. The zero-order chi connectivity index (χ0) is 28.0. The smallest absolute Gasteiger partial charge is 0.242 e. The molecule has 3 aliphatic rings. The van der Waals surface area contributed by atoms with Gasteiger partial charge < -0.3 is 24.3 Å². The Bertz CT molecular complexity index is 1070. The molecule has 1 aromatic rings. The monoisotopic (exact) mass is 538 g/mol. The van der Waals surface area contributed by atoms with E-state index in [1.807, 2.05) is 60.9 Å². The molecule has 4 amide bonds. The summed E-state index contributed by atoms with van der Waals surface area (Å²) in [5, 5.41) is 0. The number of fused-ring (bicyclic) bond motifs is 3. The summed E-state index contributed by atoms with van der Waals surface area (Å²) in [4.78, 5) is 58.0. The third-order valence-electron chi connectivity index (χ3n) is 7.82. The molecule has 9 heteroatoms. The van der Waals surface area contributed by atoms with E-state index in [9.17, 15) is 19.2 Å². The van der Waals surface area contributed by atoms with E-state index in [0.717, 1.165) is 18.4 Å². The fourth-order valence-corrected chi connectivity index (χ4v) is 5.57. The van der Waals surface area contributed by atoms with Crippen LogP contribution in [0, 0.1) is 17.3 Å². The largest absolute Gasteiger partial charge is 0.489 e. The molecule has 39 heavy (non-hydrogen) atoms. The highest BCUT2D eigenvalue weighted by Crippen LogP contribution is 2.30. The molecule has 2 bridgehead atoms. The first-order chi connectivity index (χ1) is 18.6. The summed E-state index contributed by atoms with van der Waals surface area (Å²) in [6, 6.07) is 7.66. The molecule has 2 atom stereocenters. The molecule has 0 aromatic heterocycles. The van der Waals surface area contributed by atoms with Gasteiger partial charge in [0, 0.05) is 64.2 Å². The van der Waals surface area contributed by atoms with Crippen LogP contribution in [0.5, 0.6) is 5.75 Å². The maximum Gasteiger partial charge on any atom is 0.242 e. The highest BCUT2D eigenvalue weighted by Gasteiger charge is 2.34. The van der Waals surface area contributed by atoms with E-state index < -0.39 is 0 Å². The van der Waals surface area contributed by atoms with E-state index in [1.54, 1.807) is 9.80 Å². The van der Waals surface area contributed by atoms with Gasteiger partial charge in [-0.15, -0.1) is 0 Å². The highest BCUT2D eigenvalue weighted by atomic mass is 16.5. The lowest BCUT2D eigenvalue weighted by Gasteiger charge is -2.39. The number of para-hydroxylation sites is 1. The van der Waals surface area contributed by atoms with Gasteiger partial charge in [0.2, 0.25) is 24.1 Å². The number of benzene rings is 1. The minimum atomic E-state index is -0.197. The summed E-state index contributed by atoms with van der Waals surface area (Å²) in [6.07, 6.45) is 6.39. The van der Waals surface area contributed by atoms with Crippen molar-refractivity contribution in [1.82, 2.24) is 19.6 Å². The first-order valence-corrected chi connectivity index (χ1v) is 14.0. The summed E-state index contributed by atoms with van der Waals surface area (Å²) in [7, 11) is 0. The van der Waals surface area contributed by atoms with Crippen LogP contribution in [0.4, 0.5) is 0 Å². The SMILES string of the molecule is CC(C)(C)CC(=O)N1CC(=O)N2CC[C@@H](CC(=O)N3CCN(C=O)CC3)[C@@H](C=CCOc3ccccc3C1)C2. The first kappa shape index (κ1) is 28.6. The summed E-state index contributed by atoms with van der Waals surface area (Å²) in [6.45, 7) is 10.1. The summed E-state index contributed by atoms with van der Waals surface area (Å²) < 4.78 is 6.10. The van der Waals surface area contributed by atoms with Crippen molar-refractivity contribution in [2.24, 2.45) is 17.3 Å². The maximum absolute atomic E-state index is 13.5. The van der Waals surface area contributed by atoms with Crippen molar-refractivity contribution in [2.45, 2.75) is 46.6 Å². The standard InChI is InChI=1S/C30H42N4O5/c1-30(2,3)18-28(37)34-20-25-7-4-5-9-26(25)39-16-6-8-24-19-33(29(38)21-34)11-10-23(24)17-27(36)32-14-12-31(22-35)13-15-32/h4-9,22-24H,10-21H2,1-3H3/t23-,24-/m0/s1. The lowest BCUT2D eigenvalue weighted by Crippen LogP contribution is -2.50. The Labute approximate surface area is 231 Å². The topological polar surface area (TPSA) is 90.5 Å². The van der Waals surface area contributed by atoms with Gasteiger partial charge in [-0.05, 0) is 29.7 Å². The number of nitrogens with zero attached hydrogens (tertiary/aromatic N) is 4. The second kappa shape index (κ2) is 12.7. The van der Waals surface area contributed by atoms with Crippen LogP contribution in [0.2, 0.25) is 0 Å². The van der Waals surface area contributed by atoms with Crippen molar-refractivity contribution < 1.29 is 23.9 Å². The zero-order valence-corrected chi connectivity index (χ0v) is 23.5. The number of piperidine rings is 1. The Balaban J connectivity index is 1.51. The molecule has 0 radical (unpaired) electrons. The molecule has 9 nitrogen and oxygen atoms in total. The molecule has 0 unspecified atom stereocenters. The molecule has 2 fully saturated rings. The molecule has 0 saturated carbocycles. The van der Waals surface area contributed by atoms with Crippen molar-refractivity contribution >= 4 is 24.1 Å². The van der Waals surface area contributed by atoms with Gasteiger partial charge in [-0.25, -0.2) is 0 Å². The van der Waals surface area contributed by atoms with Crippen molar-refractivity contribution in [3.8, 4) is 5.75 Å². The van der Waals surface area contributed by atoms with Gasteiger partial charge in [-0.2, -0.15) is 0 Å². The Morgan fingerprint density at radius 1 is 1.00 bits per heavy atom. The van der Waals surface area contributed by atoms with Gasteiger partial charge in [0.05, 0.1) is 0 Å². The lowest BCUT2D eigenvalue weighted by molar-refractivity contribution is -0.143. The average molecular weight is 539 g/mol. The third-order valence-corrected chi connectivity index (χ3v) is 7.82. The van der Waals surface area contributed by atoms with E-state index in [1.165, 1.54) is 0 Å². The Kier molecular flexibility index (Phi) is 9.30. The molecule has 0 N–H and O–H groups in total. The fraction of sp³-hybridized carbons (Fsp3) is 0.600. The third kappa shape index (κ3) is 7.83. The van der Waals surface area contributed by atoms with Gasteiger partial charge >= 0.3 is 0 Å². The van der Waals surface area contributed by atoms with Crippen LogP contribution in [0.15, 0.2) is 36.4 Å². The molecule has 0 spiro atoms. The Hall–Kier alpha value is -3.36. The number of amides is 4. The van der Waals surface area contributed by atoms with Gasteiger partial charge in [-0.1, -0.05) is 51.1 Å². The number of hydrogen-bond acceptors (Lipinski definition) is 5. The second-order valence-corrected chi connectivity index (χ2v) is 12.1. The predicted molar refractivity (Wildman–Crippen MR) is 148 cm³/mol. The van der Waals surface area contributed by atoms with E-state index in [-0.39, 0.29) is 41.5 Å². The van der Waals surface area contributed by atoms with Crippen molar-refractivity contribution in [2.75, 3.05) is 52.4 Å². The molecule has 212 valence electrons. The maximum atomic E-state index is 13.5. The van der Waals surface area contributed by atoms with E-state index >= 15 is 0 Å². The molecule has 4 rings (SSSR count). The number of piperazine rings is 1. The number of rotatable bonds is 4. The quantitative estimate of drug-likeness (QED) is 0.434. The second-order valence-electron chi connectivity index (χ2n) is 12.1. The fourth-order valence-electron chi connectivity index (χ4n) is 5.57. The highest BCUT2D eigenvalue weighted by molar-refractivity contribution is 5.85. The molecule has 2 saturated heterocycles. The Morgan fingerprint density at radius 2 is 1.74 bits per heavy atom. The molecular weight excluding hydrogens is 496 g/mol. The van der Waals surface area contributed by atoms with Crippen LogP contribution in [0.25, 0.3) is 0 Å². The van der Waals surface area contributed by atoms with Crippen LogP contribution in [-0.2, 0) is 25.7 Å². The van der Waals surface area contributed by atoms with Crippen molar-refractivity contribution in [3.63, 3.8) is 0 Å². The average Bonchev–Trinajstić information content (AvgIpc) is 2.91. The van der Waals surface area contributed by atoms with Crippen molar-refractivity contribution in [1.29, 1.82) is 0 Å².